The normalized spacial score (nSPS) is 13.9. The van der Waals surface area contributed by atoms with E-state index < -0.39 is 12.1 Å². The number of Topliss-reactive ketones (excluding diaryl/α,β-unsaturated/α-hetero) is 1. The van der Waals surface area contributed by atoms with E-state index in [2.05, 4.69) is 0 Å². The highest BCUT2D eigenvalue weighted by Crippen LogP contribution is 2.27. The van der Waals surface area contributed by atoms with Crippen molar-refractivity contribution >= 4 is 23.6 Å². The summed E-state index contributed by atoms with van der Waals surface area (Å²) >= 11 is 0. The largest absolute Gasteiger partial charge is 0.496 e. The molecule has 0 radical (unpaired) electrons. The van der Waals surface area contributed by atoms with E-state index in [1.165, 1.54) is 27.0 Å². The number of amides is 2. The summed E-state index contributed by atoms with van der Waals surface area (Å²) in [4.78, 5) is 50.0. The molecular weight excluding hydrogens is 362 g/mol. The van der Waals surface area contributed by atoms with Crippen LogP contribution in [0.25, 0.3) is 0 Å². The van der Waals surface area contributed by atoms with Crippen LogP contribution in [0.2, 0.25) is 0 Å². The maximum atomic E-state index is 12.5. The predicted octanol–water partition coefficient (Wildman–Crippen LogP) is 2.63. The third kappa shape index (κ3) is 3.51. The Morgan fingerprint density at radius 2 is 1.64 bits per heavy atom. The number of carbonyl (C=O) groups excluding carboxylic acids is 4. The molecule has 2 aromatic carbocycles. The summed E-state index contributed by atoms with van der Waals surface area (Å²) in [6.07, 6.45) is -0.892. The number of hydrogen-bond donors (Lipinski definition) is 0. The van der Waals surface area contributed by atoms with Crippen LogP contribution in [0, 0.1) is 0 Å². The smallest absolute Gasteiger partial charge is 0.342 e. The number of imide groups is 1. The fourth-order valence-electron chi connectivity index (χ4n) is 2.89. The molecule has 3 rings (SSSR count). The Balaban J connectivity index is 1.86. The molecule has 2 amide bonds. The zero-order valence-electron chi connectivity index (χ0n) is 15.7. The van der Waals surface area contributed by atoms with Gasteiger partial charge in [-0.2, -0.15) is 0 Å². The molecule has 0 saturated heterocycles. The minimum Gasteiger partial charge on any atom is -0.496 e. The fraction of sp³-hybridized carbons (Fsp3) is 0.238. The lowest BCUT2D eigenvalue weighted by Crippen LogP contribution is -2.29. The van der Waals surface area contributed by atoms with Crippen molar-refractivity contribution in [2.45, 2.75) is 26.5 Å². The van der Waals surface area contributed by atoms with Crippen molar-refractivity contribution in [2.75, 3.05) is 7.11 Å². The van der Waals surface area contributed by atoms with Gasteiger partial charge >= 0.3 is 5.97 Å². The highest BCUT2D eigenvalue weighted by molar-refractivity contribution is 6.21. The zero-order valence-corrected chi connectivity index (χ0v) is 15.7. The third-order valence-corrected chi connectivity index (χ3v) is 4.56. The number of ketones is 1. The lowest BCUT2D eigenvalue weighted by molar-refractivity contribution is -0.124. The van der Waals surface area contributed by atoms with Crippen molar-refractivity contribution < 1.29 is 28.7 Å². The Morgan fingerprint density at radius 1 is 1.04 bits per heavy atom. The number of carbonyl (C=O) groups is 4. The van der Waals surface area contributed by atoms with Gasteiger partial charge in [-0.15, -0.1) is 0 Å². The molecule has 0 bridgehead atoms. The summed E-state index contributed by atoms with van der Waals surface area (Å²) in [5, 5.41) is 0. The number of fused-ring (bicyclic) bond motifs is 1. The van der Waals surface area contributed by atoms with Crippen LogP contribution < -0.4 is 4.74 Å². The summed E-state index contributed by atoms with van der Waals surface area (Å²) in [5.74, 6) is -1.50. The van der Waals surface area contributed by atoms with Crippen molar-refractivity contribution in [3.63, 3.8) is 0 Å². The first-order valence-electron chi connectivity index (χ1n) is 8.67. The quantitative estimate of drug-likeness (QED) is 0.564. The Hall–Kier alpha value is -3.48. The Labute approximate surface area is 161 Å². The predicted molar refractivity (Wildman–Crippen MR) is 99.2 cm³/mol. The molecule has 0 spiro atoms. The van der Waals surface area contributed by atoms with Crippen LogP contribution in [0.15, 0.2) is 42.5 Å². The molecule has 0 aromatic heterocycles. The molecule has 0 fully saturated rings. The summed E-state index contributed by atoms with van der Waals surface area (Å²) < 4.78 is 10.3. The van der Waals surface area contributed by atoms with Gasteiger partial charge in [-0.3, -0.25) is 19.3 Å². The molecule has 28 heavy (non-hydrogen) atoms. The van der Waals surface area contributed by atoms with Gasteiger partial charge in [-0.25, -0.2) is 4.79 Å². The van der Waals surface area contributed by atoms with Crippen molar-refractivity contribution in [1.82, 2.24) is 4.90 Å². The molecule has 1 aliphatic heterocycles. The summed E-state index contributed by atoms with van der Waals surface area (Å²) in [7, 11) is 1.41. The van der Waals surface area contributed by atoms with Crippen molar-refractivity contribution in [1.29, 1.82) is 0 Å². The zero-order chi connectivity index (χ0) is 20.4. The molecular formula is C21H19NO6. The van der Waals surface area contributed by atoms with Gasteiger partial charge < -0.3 is 9.47 Å². The van der Waals surface area contributed by atoms with Gasteiger partial charge in [0, 0.05) is 0 Å². The Kier molecular flexibility index (Phi) is 5.26. The topological polar surface area (TPSA) is 90.0 Å². The van der Waals surface area contributed by atoms with Crippen LogP contribution in [-0.2, 0) is 16.1 Å². The molecule has 0 saturated carbocycles. The van der Waals surface area contributed by atoms with Crippen LogP contribution in [0.4, 0.5) is 0 Å². The molecule has 1 aliphatic rings. The van der Waals surface area contributed by atoms with E-state index in [4.69, 9.17) is 9.47 Å². The van der Waals surface area contributed by atoms with Crippen LogP contribution in [-0.4, -0.2) is 41.7 Å². The number of nitrogens with zero attached hydrogens (tertiary/aromatic N) is 1. The van der Waals surface area contributed by atoms with E-state index in [1.54, 1.807) is 36.4 Å². The number of esters is 1. The number of rotatable bonds is 6. The van der Waals surface area contributed by atoms with Crippen LogP contribution in [0.1, 0.15) is 50.5 Å². The second-order valence-electron chi connectivity index (χ2n) is 6.43. The number of methoxy groups -OCH3 is 1. The van der Waals surface area contributed by atoms with E-state index in [-0.39, 0.29) is 35.5 Å². The molecule has 1 atom stereocenters. The van der Waals surface area contributed by atoms with Gasteiger partial charge in [0.05, 0.1) is 24.8 Å². The molecule has 7 heteroatoms. The van der Waals surface area contributed by atoms with E-state index >= 15 is 0 Å². The van der Waals surface area contributed by atoms with Gasteiger partial charge in [0.25, 0.3) is 11.8 Å². The second-order valence-corrected chi connectivity index (χ2v) is 6.43. The van der Waals surface area contributed by atoms with Crippen LogP contribution in [0.5, 0.6) is 5.75 Å². The molecule has 1 unspecified atom stereocenters. The highest BCUT2D eigenvalue weighted by atomic mass is 16.5. The van der Waals surface area contributed by atoms with E-state index in [9.17, 15) is 19.2 Å². The third-order valence-electron chi connectivity index (χ3n) is 4.56. The molecule has 7 nitrogen and oxygen atoms in total. The molecule has 144 valence electrons. The molecule has 1 heterocycles. The Morgan fingerprint density at radius 3 is 2.18 bits per heavy atom. The summed E-state index contributed by atoms with van der Waals surface area (Å²) in [6, 6.07) is 11.3. The van der Waals surface area contributed by atoms with Crippen molar-refractivity contribution in [3.8, 4) is 5.75 Å². The van der Waals surface area contributed by atoms with Gasteiger partial charge in [0.1, 0.15) is 11.3 Å². The standard InChI is InChI=1S/C21H19NO6/c1-12(23)13(2)28-21(26)17-10-14(8-9-18(17)27-3)11-22-19(24)15-6-4-5-7-16(15)20(22)25/h4-10,13H,11H2,1-3H3. The van der Waals surface area contributed by atoms with Gasteiger partial charge in [-0.1, -0.05) is 18.2 Å². The Bertz CT molecular complexity index is 946. The first-order valence-corrected chi connectivity index (χ1v) is 8.67. The number of benzene rings is 2. The van der Waals surface area contributed by atoms with E-state index in [0.717, 1.165) is 4.90 Å². The maximum Gasteiger partial charge on any atom is 0.342 e. The maximum absolute atomic E-state index is 12.5. The SMILES string of the molecule is COc1ccc(CN2C(=O)c3ccccc3C2=O)cc1C(=O)OC(C)C(C)=O. The number of hydrogen-bond acceptors (Lipinski definition) is 6. The van der Waals surface area contributed by atoms with Gasteiger partial charge in [-0.05, 0) is 43.7 Å². The number of ether oxygens (including phenoxy) is 2. The minimum atomic E-state index is -0.892. The second kappa shape index (κ2) is 7.64. The average Bonchev–Trinajstić information content (AvgIpc) is 2.93. The minimum absolute atomic E-state index is 0.00111. The molecule has 0 aliphatic carbocycles. The first kappa shape index (κ1) is 19.3. The highest BCUT2D eigenvalue weighted by Gasteiger charge is 2.35. The van der Waals surface area contributed by atoms with Crippen LogP contribution in [0.3, 0.4) is 0 Å². The lowest BCUT2D eigenvalue weighted by Gasteiger charge is -2.16. The van der Waals surface area contributed by atoms with E-state index in [1.807, 2.05) is 0 Å². The summed E-state index contributed by atoms with van der Waals surface area (Å²) in [5.41, 5.74) is 1.38. The summed E-state index contributed by atoms with van der Waals surface area (Å²) in [6.45, 7) is 2.81. The van der Waals surface area contributed by atoms with Crippen molar-refractivity contribution in [3.05, 3.63) is 64.7 Å². The van der Waals surface area contributed by atoms with Crippen LogP contribution >= 0.6 is 0 Å². The van der Waals surface area contributed by atoms with Gasteiger partial charge in [0.15, 0.2) is 11.9 Å². The molecule has 2 aromatic rings. The first-order chi connectivity index (χ1) is 13.3. The lowest BCUT2D eigenvalue weighted by atomic mass is 10.1. The van der Waals surface area contributed by atoms with E-state index in [0.29, 0.717) is 16.7 Å². The van der Waals surface area contributed by atoms with Crippen molar-refractivity contribution in [2.24, 2.45) is 0 Å². The van der Waals surface area contributed by atoms with Gasteiger partial charge in [0.2, 0.25) is 0 Å². The molecule has 0 N–H and O–H groups in total. The average molecular weight is 381 g/mol. The fourth-order valence-corrected chi connectivity index (χ4v) is 2.89. The monoisotopic (exact) mass is 381 g/mol.